The van der Waals surface area contributed by atoms with Crippen LogP contribution in [0, 0.1) is 6.92 Å². The topological polar surface area (TPSA) is 93.2 Å². The number of hydrogen-bond donors (Lipinski definition) is 2. The summed E-state index contributed by atoms with van der Waals surface area (Å²) in [6.07, 6.45) is 6.17. The van der Waals surface area contributed by atoms with Gasteiger partial charge in [0.15, 0.2) is 17.3 Å². The van der Waals surface area contributed by atoms with Crippen molar-refractivity contribution >= 4 is 17.3 Å². The molecule has 2 N–H and O–H groups in total. The van der Waals surface area contributed by atoms with E-state index in [-0.39, 0.29) is 0 Å². The first-order chi connectivity index (χ1) is 9.76. The third-order valence-electron chi connectivity index (χ3n) is 2.84. The highest BCUT2D eigenvalue weighted by Gasteiger charge is 2.07. The van der Waals surface area contributed by atoms with E-state index < -0.39 is 0 Å². The Labute approximate surface area is 115 Å². The quantitative estimate of drug-likeness (QED) is 0.719. The van der Waals surface area contributed by atoms with Crippen molar-refractivity contribution in [1.82, 2.24) is 24.5 Å². The van der Waals surface area contributed by atoms with E-state index in [0.717, 1.165) is 17.3 Å². The van der Waals surface area contributed by atoms with Gasteiger partial charge in [0.2, 0.25) is 5.89 Å². The number of rotatable bonds is 5. The Kier molecular flexibility index (Phi) is 3.20. The molecule has 104 valence electrons. The normalized spacial score (nSPS) is 10.9. The molecule has 3 rings (SSSR count). The van der Waals surface area contributed by atoms with E-state index in [1.54, 1.807) is 13.1 Å². The largest absolute Gasteiger partial charge is 0.372 e. The number of anilines is 2. The molecule has 0 aliphatic carbocycles. The molecule has 0 unspecified atom stereocenters. The lowest BCUT2D eigenvalue weighted by Gasteiger charge is -2.08. The lowest BCUT2D eigenvalue weighted by atomic mass is 10.4. The van der Waals surface area contributed by atoms with Crippen LogP contribution in [0.1, 0.15) is 11.7 Å². The Morgan fingerprint density at radius 2 is 2.25 bits per heavy atom. The van der Waals surface area contributed by atoms with Gasteiger partial charge in [0.1, 0.15) is 5.82 Å². The van der Waals surface area contributed by atoms with E-state index in [2.05, 4.69) is 30.7 Å². The number of nitrogens with one attached hydrogen (secondary N) is 2. The Balaban J connectivity index is 1.74. The first kappa shape index (κ1) is 12.4. The predicted octanol–water partition coefficient (Wildman–Crippen LogP) is 1.12. The lowest BCUT2D eigenvalue weighted by Crippen LogP contribution is -2.10. The van der Waals surface area contributed by atoms with Crippen molar-refractivity contribution in [3.05, 3.63) is 30.3 Å². The van der Waals surface area contributed by atoms with E-state index in [9.17, 15) is 0 Å². The molecule has 3 heterocycles. The Bertz CT molecular complexity index is 717. The van der Waals surface area contributed by atoms with Gasteiger partial charge in [-0.05, 0) is 0 Å². The van der Waals surface area contributed by atoms with E-state index in [0.29, 0.717) is 24.7 Å². The SMILES string of the molecule is CNc1cn2ccnc2c(NCCc2noc(C)n2)n1. The van der Waals surface area contributed by atoms with Crippen LogP contribution in [0.15, 0.2) is 23.1 Å². The summed E-state index contributed by atoms with van der Waals surface area (Å²) in [5.41, 5.74) is 0.785. The molecule has 8 heteroatoms. The van der Waals surface area contributed by atoms with Crippen LogP contribution in [-0.2, 0) is 6.42 Å². The number of aryl methyl sites for hydroxylation is 1. The van der Waals surface area contributed by atoms with Gasteiger partial charge in [0.05, 0.1) is 6.20 Å². The van der Waals surface area contributed by atoms with E-state index in [4.69, 9.17) is 4.52 Å². The minimum Gasteiger partial charge on any atom is -0.372 e. The first-order valence-electron chi connectivity index (χ1n) is 6.31. The summed E-state index contributed by atoms with van der Waals surface area (Å²) in [5, 5.41) is 10.1. The maximum absolute atomic E-state index is 4.93. The zero-order chi connectivity index (χ0) is 13.9. The second-order valence-corrected chi connectivity index (χ2v) is 4.29. The van der Waals surface area contributed by atoms with Crippen LogP contribution in [0.3, 0.4) is 0 Å². The summed E-state index contributed by atoms with van der Waals surface area (Å²) < 4.78 is 6.85. The lowest BCUT2D eigenvalue weighted by molar-refractivity contribution is 0.387. The number of aromatic nitrogens is 5. The number of nitrogens with zero attached hydrogens (tertiary/aromatic N) is 5. The third-order valence-corrected chi connectivity index (χ3v) is 2.84. The van der Waals surface area contributed by atoms with Crippen molar-refractivity contribution in [1.29, 1.82) is 0 Å². The van der Waals surface area contributed by atoms with Crippen molar-refractivity contribution in [3.63, 3.8) is 0 Å². The average molecular weight is 273 g/mol. The molecule has 3 aromatic heterocycles. The molecule has 0 radical (unpaired) electrons. The molecule has 0 saturated carbocycles. The van der Waals surface area contributed by atoms with Gasteiger partial charge in [0, 0.05) is 39.3 Å². The van der Waals surface area contributed by atoms with E-state index in [1.807, 2.05) is 23.8 Å². The molecule has 0 saturated heterocycles. The second-order valence-electron chi connectivity index (χ2n) is 4.29. The fraction of sp³-hybridized carbons (Fsp3) is 0.333. The van der Waals surface area contributed by atoms with Crippen molar-refractivity contribution < 1.29 is 4.52 Å². The molecule has 0 bridgehead atoms. The van der Waals surface area contributed by atoms with Gasteiger partial charge < -0.3 is 19.6 Å². The standard InChI is InChI=1S/C12H15N7O/c1-8-16-9(18-20-8)3-4-14-11-12-15-5-6-19(12)7-10(13-2)17-11/h5-7,13H,3-4H2,1-2H3,(H,14,17). The smallest absolute Gasteiger partial charge is 0.223 e. The minimum absolute atomic E-state index is 0.575. The van der Waals surface area contributed by atoms with Gasteiger partial charge in [-0.25, -0.2) is 9.97 Å². The van der Waals surface area contributed by atoms with Crippen LogP contribution < -0.4 is 10.6 Å². The number of fused-ring (bicyclic) bond motifs is 1. The Morgan fingerprint density at radius 1 is 1.35 bits per heavy atom. The molecule has 0 aromatic carbocycles. The van der Waals surface area contributed by atoms with Gasteiger partial charge in [-0.2, -0.15) is 4.98 Å². The highest BCUT2D eigenvalue weighted by atomic mass is 16.5. The molecule has 0 atom stereocenters. The monoisotopic (exact) mass is 273 g/mol. The summed E-state index contributed by atoms with van der Waals surface area (Å²) in [7, 11) is 1.83. The van der Waals surface area contributed by atoms with Gasteiger partial charge in [-0.15, -0.1) is 0 Å². The minimum atomic E-state index is 0.575. The summed E-state index contributed by atoms with van der Waals surface area (Å²) >= 11 is 0. The summed E-state index contributed by atoms with van der Waals surface area (Å²) in [6.45, 7) is 2.43. The van der Waals surface area contributed by atoms with Crippen LogP contribution in [0.4, 0.5) is 11.6 Å². The summed E-state index contributed by atoms with van der Waals surface area (Å²) in [4.78, 5) is 12.9. The maximum atomic E-state index is 4.93. The molecular formula is C12H15N7O. The molecule has 0 aliphatic heterocycles. The molecule has 0 amide bonds. The molecular weight excluding hydrogens is 258 g/mol. The molecule has 0 aliphatic rings. The van der Waals surface area contributed by atoms with Crippen LogP contribution in [-0.4, -0.2) is 38.1 Å². The molecule has 8 nitrogen and oxygen atoms in total. The predicted molar refractivity (Wildman–Crippen MR) is 73.8 cm³/mol. The molecule has 0 spiro atoms. The highest BCUT2D eigenvalue weighted by molar-refractivity contribution is 5.65. The molecule has 3 aromatic rings. The molecule has 0 fully saturated rings. The highest BCUT2D eigenvalue weighted by Crippen LogP contribution is 2.15. The van der Waals surface area contributed by atoms with Crippen molar-refractivity contribution in [2.24, 2.45) is 0 Å². The van der Waals surface area contributed by atoms with Gasteiger partial charge in [0.25, 0.3) is 0 Å². The average Bonchev–Trinajstić information content (AvgIpc) is 3.07. The first-order valence-corrected chi connectivity index (χ1v) is 6.31. The number of hydrogen-bond acceptors (Lipinski definition) is 7. The Hall–Kier alpha value is -2.64. The van der Waals surface area contributed by atoms with Crippen LogP contribution in [0.25, 0.3) is 5.65 Å². The van der Waals surface area contributed by atoms with Crippen LogP contribution in [0.5, 0.6) is 0 Å². The van der Waals surface area contributed by atoms with Gasteiger partial charge in [-0.1, -0.05) is 5.16 Å². The molecule has 20 heavy (non-hydrogen) atoms. The van der Waals surface area contributed by atoms with E-state index in [1.165, 1.54) is 0 Å². The fourth-order valence-corrected chi connectivity index (χ4v) is 1.91. The summed E-state index contributed by atoms with van der Waals surface area (Å²) in [5.74, 6) is 2.75. The zero-order valence-corrected chi connectivity index (χ0v) is 11.3. The van der Waals surface area contributed by atoms with Crippen molar-refractivity contribution in [2.75, 3.05) is 24.2 Å². The van der Waals surface area contributed by atoms with Gasteiger partial charge in [-0.3, -0.25) is 0 Å². The second kappa shape index (κ2) is 5.16. The van der Waals surface area contributed by atoms with Gasteiger partial charge >= 0.3 is 0 Å². The summed E-state index contributed by atoms with van der Waals surface area (Å²) in [6, 6.07) is 0. The fourth-order valence-electron chi connectivity index (χ4n) is 1.91. The van der Waals surface area contributed by atoms with Crippen LogP contribution in [0.2, 0.25) is 0 Å². The van der Waals surface area contributed by atoms with Crippen molar-refractivity contribution in [3.8, 4) is 0 Å². The van der Waals surface area contributed by atoms with Crippen molar-refractivity contribution in [2.45, 2.75) is 13.3 Å². The number of imidazole rings is 1. The Morgan fingerprint density at radius 3 is 3.00 bits per heavy atom. The van der Waals surface area contributed by atoms with Crippen LogP contribution >= 0.6 is 0 Å². The van der Waals surface area contributed by atoms with E-state index >= 15 is 0 Å². The zero-order valence-electron chi connectivity index (χ0n) is 11.3. The maximum Gasteiger partial charge on any atom is 0.223 e. The third kappa shape index (κ3) is 2.40.